The number of nitrogens with zero attached hydrogens (tertiary/aromatic N) is 2. The zero-order chi connectivity index (χ0) is 11.1. The van der Waals surface area contributed by atoms with E-state index in [1.54, 1.807) is 0 Å². The van der Waals surface area contributed by atoms with Crippen LogP contribution in [0.4, 0.5) is 0 Å². The van der Waals surface area contributed by atoms with Gasteiger partial charge < -0.3 is 4.74 Å². The molecule has 3 heteroatoms. The summed E-state index contributed by atoms with van der Waals surface area (Å²) in [6.45, 7) is 10.4. The molecule has 2 atom stereocenters. The van der Waals surface area contributed by atoms with Gasteiger partial charge in [0.05, 0.1) is 18.8 Å². The molecule has 0 amide bonds. The Bertz CT molecular complexity index is 252. The van der Waals surface area contributed by atoms with Crippen LogP contribution in [-0.2, 0) is 4.74 Å². The van der Waals surface area contributed by atoms with Gasteiger partial charge in [0.25, 0.3) is 0 Å². The van der Waals surface area contributed by atoms with Crippen molar-refractivity contribution in [2.75, 3.05) is 32.8 Å². The molecule has 1 saturated carbocycles. The second kappa shape index (κ2) is 4.28. The maximum Gasteiger partial charge on any atom is 0.0870 e. The van der Waals surface area contributed by atoms with E-state index in [1.807, 2.05) is 0 Å². The average Bonchev–Trinajstić information content (AvgIpc) is 2.95. The molecule has 16 heavy (non-hydrogen) atoms. The standard InChI is InChI=1S/C13H24N2O/c1-10(2)15-5-6-16-13-9-14(8-12(13)15)7-11-3-4-11/h10-13H,3-9H2,1-2H3/t12-,13+/m1/s1. The largest absolute Gasteiger partial charge is 0.374 e. The lowest BCUT2D eigenvalue weighted by Gasteiger charge is -2.39. The van der Waals surface area contributed by atoms with E-state index >= 15 is 0 Å². The highest BCUT2D eigenvalue weighted by molar-refractivity contribution is 4.96. The first-order valence-corrected chi connectivity index (χ1v) is 6.83. The van der Waals surface area contributed by atoms with Crippen molar-refractivity contribution in [3.8, 4) is 0 Å². The van der Waals surface area contributed by atoms with Crippen molar-refractivity contribution >= 4 is 0 Å². The minimum Gasteiger partial charge on any atom is -0.374 e. The Morgan fingerprint density at radius 2 is 2.06 bits per heavy atom. The van der Waals surface area contributed by atoms with Crippen LogP contribution in [0.2, 0.25) is 0 Å². The lowest BCUT2D eigenvalue weighted by molar-refractivity contribution is -0.0583. The molecule has 1 aliphatic carbocycles. The summed E-state index contributed by atoms with van der Waals surface area (Å²) in [5.41, 5.74) is 0. The maximum absolute atomic E-state index is 5.93. The predicted molar refractivity (Wildman–Crippen MR) is 64.5 cm³/mol. The highest BCUT2D eigenvalue weighted by Crippen LogP contribution is 2.32. The Morgan fingerprint density at radius 3 is 2.75 bits per heavy atom. The summed E-state index contributed by atoms with van der Waals surface area (Å²) < 4.78 is 5.93. The van der Waals surface area contributed by atoms with Crippen LogP contribution in [0.25, 0.3) is 0 Å². The van der Waals surface area contributed by atoms with Gasteiger partial charge in [0.15, 0.2) is 0 Å². The Kier molecular flexibility index (Phi) is 2.94. The first-order valence-electron chi connectivity index (χ1n) is 6.83. The topological polar surface area (TPSA) is 15.7 Å². The molecule has 3 fully saturated rings. The van der Waals surface area contributed by atoms with Gasteiger partial charge in [-0.1, -0.05) is 0 Å². The Hall–Kier alpha value is -0.120. The summed E-state index contributed by atoms with van der Waals surface area (Å²) in [5.74, 6) is 1.01. The molecule has 0 N–H and O–H groups in total. The molecule has 0 aromatic carbocycles. The highest BCUT2D eigenvalue weighted by atomic mass is 16.5. The lowest BCUT2D eigenvalue weighted by atomic mass is 10.1. The predicted octanol–water partition coefficient (Wildman–Crippen LogP) is 1.19. The van der Waals surface area contributed by atoms with E-state index in [0.717, 1.165) is 19.1 Å². The number of likely N-dealkylation sites (tertiary alicyclic amines) is 1. The van der Waals surface area contributed by atoms with Gasteiger partial charge in [-0.3, -0.25) is 9.80 Å². The van der Waals surface area contributed by atoms with Crippen molar-refractivity contribution in [1.82, 2.24) is 9.80 Å². The molecule has 0 radical (unpaired) electrons. The zero-order valence-electron chi connectivity index (χ0n) is 10.6. The van der Waals surface area contributed by atoms with E-state index in [-0.39, 0.29) is 0 Å². The van der Waals surface area contributed by atoms with Crippen molar-refractivity contribution < 1.29 is 4.74 Å². The summed E-state index contributed by atoms with van der Waals surface area (Å²) in [4.78, 5) is 5.27. The Morgan fingerprint density at radius 1 is 1.25 bits per heavy atom. The van der Waals surface area contributed by atoms with Gasteiger partial charge >= 0.3 is 0 Å². The summed E-state index contributed by atoms with van der Waals surface area (Å²) in [6.07, 6.45) is 3.40. The first kappa shape index (κ1) is 11.0. The molecule has 3 aliphatic rings. The monoisotopic (exact) mass is 224 g/mol. The van der Waals surface area contributed by atoms with E-state index < -0.39 is 0 Å². The van der Waals surface area contributed by atoms with Gasteiger partial charge in [-0.25, -0.2) is 0 Å². The second-order valence-electron chi connectivity index (χ2n) is 5.97. The number of fused-ring (bicyclic) bond motifs is 1. The molecule has 3 nitrogen and oxygen atoms in total. The van der Waals surface area contributed by atoms with Crippen LogP contribution in [0, 0.1) is 5.92 Å². The molecule has 0 spiro atoms. The van der Waals surface area contributed by atoms with Crippen molar-refractivity contribution in [1.29, 1.82) is 0 Å². The van der Waals surface area contributed by atoms with E-state index in [0.29, 0.717) is 18.2 Å². The van der Waals surface area contributed by atoms with Crippen LogP contribution in [0.5, 0.6) is 0 Å². The smallest absolute Gasteiger partial charge is 0.0870 e. The van der Waals surface area contributed by atoms with Crippen LogP contribution >= 0.6 is 0 Å². The fourth-order valence-electron chi connectivity index (χ4n) is 3.25. The number of ether oxygens (including phenoxy) is 1. The summed E-state index contributed by atoms with van der Waals surface area (Å²) >= 11 is 0. The molecular formula is C13H24N2O. The van der Waals surface area contributed by atoms with Gasteiger partial charge in [-0.15, -0.1) is 0 Å². The summed E-state index contributed by atoms with van der Waals surface area (Å²) in [7, 11) is 0. The van der Waals surface area contributed by atoms with Gasteiger partial charge in [0, 0.05) is 32.2 Å². The molecule has 92 valence electrons. The zero-order valence-corrected chi connectivity index (χ0v) is 10.6. The molecule has 2 aliphatic heterocycles. The van der Waals surface area contributed by atoms with Crippen LogP contribution in [0.1, 0.15) is 26.7 Å². The molecule has 0 aromatic rings. The van der Waals surface area contributed by atoms with Gasteiger partial charge in [-0.05, 0) is 32.6 Å². The molecule has 2 heterocycles. The summed E-state index contributed by atoms with van der Waals surface area (Å²) in [5, 5.41) is 0. The molecule has 0 aromatic heterocycles. The third-order valence-electron chi connectivity index (χ3n) is 4.30. The van der Waals surface area contributed by atoms with E-state index in [4.69, 9.17) is 4.74 Å². The van der Waals surface area contributed by atoms with E-state index in [1.165, 1.54) is 32.5 Å². The van der Waals surface area contributed by atoms with Gasteiger partial charge in [0.1, 0.15) is 0 Å². The number of hydrogen-bond acceptors (Lipinski definition) is 3. The minimum absolute atomic E-state index is 0.481. The number of morpholine rings is 1. The van der Waals surface area contributed by atoms with Crippen LogP contribution in [0.3, 0.4) is 0 Å². The summed E-state index contributed by atoms with van der Waals surface area (Å²) in [6, 6.07) is 1.32. The third kappa shape index (κ3) is 2.13. The van der Waals surface area contributed by atoms with E-state index in [2.05, 4.69) is 23.6 Å². The molecule has 0 unspecified atom stereocenters. The van der Waals surface area contributed by atoms with Crippen LogP contribution in [0.15, 0.2) is 0 Å². The average molecular weight is 224 g/mol. The molecular weight excluding hydrogens is 200 g/mol. The van der Waals surface area contributed by atoms with Gasteiger partial charge in [-0.2, -0.15) is 0 Å². The lowest BCUT2D eigenvalue weighted by Crippen LogP contribution is -2.53. The number of rotatable bonds is 3. The Balaban J connectivity index is 1.62. The fraction of sp³-hybridized carbons (Fsp3) is 1.00. The van der Waals surface area contributed by atoms with Crippen LogP contribution in [-0.4, -0.2) is 60.8 Å². The van der Waals surface area contributed by atoms with Gasteiger partial charge in [0.2, 0.25) is 0 Å². The molecule has 0 bridgehead atoms. The van der Waals surface area contributed by atoms with Crippen molar-refractivity contribution in [2.45, 2.75) is 44.9 Å². The SMILES string of the molecule is CC(C)N1CCO[C@H]2CN(CC3CC3)C[C@H]21. The maximum atomic E-state index is 5.93. The molecule has 3 rings (SSSR count). The highest BCUT2D eigenvalue weighted by Gasteiger charge is 2.41. The normalized spacial score (nSPS) is 36.9. The third-order valence-corrected chi connectivity index (χ3v) is 4.30. The van der Waals surface area contributed by atoms with Crippen molar-refractivity contribution in [3.05, 3.63) is 0 Å². The quantitative estimate of drug-likeness (QED) is 0.716. The second-order valence-corrected chi connectivity index (χ2v) is 5.97. The van der Waals surface area contributed by atoms with Crippen molar-refractivity contribution in [3.63, 3.8) is 0 Å². The van der Waals surface area contributed by atoms with Crippen molar-refractivity contribution in [2.24, 2.45) is 5.92 Å². The minimum atomic E-state index is 0.481. The number of hydrogen-bond donors (Lipinski definition) is 0. The fourth-order valence-corrected chi connectivity index (χ4v) is 3.25. The first-order chi connectivity index (χ1) is 7.74. The molecule has 2 saturated heterocycles. The Labute approximate surface area is 98.7 Å². The van der Waals surface area contributed by atoms with E-state index in [9.17, 15) is 0 Å². The van der Waals surface area contributed by atoms with Crippen LogP contribution < -0.4 is 0 Å².